The predicted molar refractivity (Wildman–Crippen MR) is 70.9 cm³/mol. The summed E-state index contributed by atoms with van der Waals surface area (Å²) in [5.41, 5.74) is 4.84. The molecule has 0 saturated heterocycles. The number of nitrogens with zero attached hydrogens (tertiary/aromatic N) is 1. The molecule has 0 aliphatic rings. The second-order valence-corrected chi connectivity index (χ2v) is 4.99. The number of hydrogen-bond acceptors (Lipinski definition) is 4. The van der Waals surface area contributed by atoms with Gasteiger partial charge in [0.2, 0.25) is 0 Å². The molecule has 0 aliphatic carbocycles. The van der Waals surface area contributed by atoms with E-state index in [1.165, 1.54) is 18.2 Å². The van der Waals surface area contributed by atoms with Gasteiger partial charge in [-0.05, 0) is 18.2 Å². The van der Waals surface area contributed by atoms with E-state index in [2.05, 4.69) is 10.3 Å². The highest BCUT2D eigenvalue weighted by Gasteiger charge is 2.34. The number of nitrogen functional groups attached to an aromatic ring is 1. The summed E-state index contributed by atoms with van der Waals surface area (Å²) >= 11 is 6.49. The molecule has 2 aromatic rings. The Kier molecular flexibility index (Phi) is 3.87. The maximum absolute atomic E-state index is 12.4. The molecule has 20 heavy (non-hydrogen) atoms. The van der Waals surface area contributed by atoms with Crippen LogP contribution in [0, 0.1) is 0 Å². The average molecular weight is 322 g/mol. The number of halogens is 4. The third kappa shape index (κ3) is 3.20. The lowest BCUT2D eigenvalue weighted by atomic mass is 10.2. The van der Waals surface area contributed by atoms with Gasteiger partial charge in [-0.15, -0.1) is 11.3 Å². The van der Waals surface area contributed by atoms with E-state index < -0.39 is 17.8 Å². The Morgan fingerprint density at radius 1 is 1.40 bits per heavy atom. The number of rotatable bonds is 2. The van der Waals surface area contributed by atoms with Gasteiger partial charge in [0, 0.05) is 11.1 Å². The minimum atomic E-state index is -4.55. The molecule has 1 aromatic heterocycles. The number of carbonyl (C=O) groups excluding carboxylic acids is 1. The zero-order chi connectivity index (χ0) is 14.9. The predicted octanol–water partition coefficient (Wildman–Crippen LogP) is 3.65. The number of benzene rings is 1. The van der Waals surface area contributed by atoms with E-state index >= 15 is 0 Å². The fraction of sp³-hybridized carbons (Fsp3) is 0.0909. The van der Waals surface area contributed by atoms with Crippen LogP contribution in [0.3, 0.4) is 0 Å². The fourth-order valence-electron chi connectivity index (χ4n) is 1.34. The minimum Gasteiger partial charge on any atom is -0.399 e. The summed E-state index contributed by atoms with van der Waals surface area (Å²) in [6.45, 7) is 0. The molecule has 0 saturated carbocycles. The number of nitrogens with two attached hydrogens (primary N) is 1. The number of anilines is 2. The molecule has 2 rings (SSSR count). The summed E-state index contributed by atoms with van der Waals surface area (Å²) in [5, 5.41) is 3.04. The lowest BCUT2D eigenvalue weighted by Crippen LogP contribution is -2.13. The van der Waals surface area contributed by atoms with E-state index in [4.69, 9.17) is 17.3 Å². The lowest BCUT2D eigenvalue weighted by molar-refractivity contribution is -0.140. The molecule has 4 nitrogen and oxygen atoms in total. The van der Waals surface area contributed by atoms with Crippen molar-refractivity contribution < 1.29 is 18.0 Å². The van der Waals surface area contributed by atoms with Gasteiger partial charge in [0.1, 0.15) is 0 Å². The fourth-order valence-corrected chi connectivity index (χ4v) is 2.26. The van der Waals surface area contributed by atoms with Crippen LogP contribution in [-0.4, -0.2) is 10.9 Å². The van der Waals surface area contributed by atoms with Crippen molar-refractivity contribution in [1.82, 2.24) is 4.98 Å². The number of thiazole rings is 1. The van der Waals surface area contributed by atoms with Gasteiger partial charge in [0.15, 0.2) is 10.8 Å². The van der Waals surface area contributed by atoms with E-state index in [1.807, 2.05) is 0 Å². The molecule has 1 amide bonds. The molecule has 3 N–H and O–H groups in total. The Bertz CT molecular complexity index is 657. The highest BCUT2D eigenvalue weighted by Crippen LogP contribution is 2.32. The van der Waals surface area contributed by atoms with Crippen molar-refractivity contribution >= 4 is 39.7 Å². The van der Waals surface area contributed by atoms with Gasteiger partial charge in [-0.2, -0.15) is 13.2 Å². The van der Waals surface area contributed by atoms with Crippen LogP contribution in [-0.2, 0) is 6.18 Å². The molecule has 0 fully saturated rings. The Hall–Kier alpha value is -1.80. The molecule has 1 aromatic carbocycles. The zero-order valence-corrected chi connectivity index (χ0v) is 11.2. The SMILES string of the molecule is Nc1ccc(Cl)c(C(=O)Nc2nc(C(F)(F)F)cs2)c1. The Balaban J connectivity index is 2.20. The number of amides is 1. The van der Waals surface area contributed by atoms with Crippen LogP contribution < -0.4 is 11.1 Å². The molecule has 0 bridgehead atoms. The second-order valence-electron chi connectivity index (χ2n) is 3.73. The first kappa shape index (κ1) is 14.6. The summed E-state index contributed by atoms with van der Waals surface area (Å²) in [4.78, 5) is 15.2. The van der Waals surface area contributed by atoms with E-state index in [0.29, 0.717) is 17.0 Å². The van der Waals surface area contributed by atoms with E-state index in [-0.39, 0.29) is 15.7 Å². The first-order valence-electron chi connectivity index (χ1n) is 5.16. The third-order valence-corrected chi connectivity index (χ3v) is 3.34. The third-order valence-electron chi connectivity index (χ3n) is 2.25. The van der Waals surface area contributed by atoms with Crippen molar-refractivity contribution in [2.45, 2.75) is 6.18 Å². The summed E-state index contributed by atoms with van der Waals surface area (Å²) in [5.74, 6) is -0.676. The van der Waals surface area contributed by atoms with E-state index in [9.17, 15) is 18.0 Å². The molecular formula is C11H7ClF3N3OS. The lowest BCUT2D eigenvalue weighted by Gasteiger charge is -2.05. The van der Waals surface area contributed by atoms with Gasteiger partial charge in [-0.1, -0.05) is 11.6 Å². The van der Waals surface area contributed by atoms with Crippen molar-refractivity contribution in [3.8, 4) is 0 Å². The van der Waals surface area contributed by atoms with Crippen molar-refractivity contribution in [2.24, 2.45) is 0 Å². The van der Waals surface area contributed by atoms with Crippen LogP contribution >= 0.6 is 22.9 Å². The summed E-state index contributed by atoms with van der Waals surface area (Å²) in [7, 11) is 0. The summed E-state index contributed by atoms with van der Waals surface area (Å²) in [6, 6.07) is 4.26. The highest BCUT2D eigenvalue weighted by molar-refractivity contribution is 7.14. The van der Waals surface area contributed by atoms with Crippen molar-refractivity contribution in [2.75, 3.05) is 11.1 Å². The van der Waals surface area contributed by atoms with E-state index in [1.54, 1.807) is 0 Å². The van der Waals surface area contributed by atoms with Crippen LogP contribution in [0.25, 0.3) is 0 Å². The van der Waals surface area contributed by atoms with Gasteiger partial charge in [-0.25, -0.2) is 4.98 Å². The normalized spacial score (nSPS) is 11.4. The van der Waals surface area contributed by atoms with Crippen LogP contribution in [0.5, 0.6) is 0 Å². The molecule has 0 atom stereocenters. The zero-order valence-electron chi connectivity index (χ0n) is 9.66. The van der Waals surface area contributed by atoms with Crippen molar-refractivity contribution in [1.29, 1.82) is 0 Å². The van der Waals surface area contributed by atoms with Crippen LogP contribution in [0.15, 0.2) is 23.6 Å². The van der Waals surface area contributed by atoms with Gasteiger partial charge in [0.05, 0.1) is 10.6 Å². The molecule has 1 heterocycles. The number of alkyl halides is 3. The van der Waals surface area contributed by atoms with Crippen molar-refractivity contribution in [3.05, 3.63) is 39.9 Å². The molecule has 0 radical (unpaired) electrons. The molecular weight excluding hydrogens is 315 g/mol. The Labute approximate surface area is 120 Å². The minimum absolute atomic E-state index is 0.0652. The maximum Gasteiger partial charge on any atom is 0.434 e. The molecule has 9 heteroatoms. The molecule has 0 aliphatic heterocycles. The monoisotopic (exact) mass is 321 g/mol. The average Bonchev–Trinajstić information content (AvgIpc) is 2.80. The maximum atomic E-state index is 12.4. The molecule has 0 unspecified atom stereocenters. The quantitative estimate of drug-likeness (QED) is 0.830. The number of nitrogens with one attached hydrogen (secondary N) is 1. The summed E-state index contributed by atoms with van der Waals surface area (Å²) < 4.78 is 37.1. The summed E-state index contributed by atoms with van der Waals surface area (Å²) in [6.07, 6.45) is -4.55. The van der Waals surface area contributed by atoms with E-state index in [0.717, 1.165) is 5.38 Å². The van der Waals surface area contributed by atoms with Gasteiger partial charge in [0.25, 0.3) is 5.91 Å². The number of carbonyl (C=O) groups is 1. The molecule has 106 valence electrons. The van der Waals surface area contributed by atoms with Gasteiger partial charge >= 0.3 is 6.18 Å². The molecule has 0 spiro atoms. The van der Waals surface area contributed by atoms with Crippen LogP contribution in [0.1, 0.15) is 16.1 Å². The second kappa shape index (κ2) is 5.29. The first-order valence-corrected chi connectivity index (χ1v) is 6.42. The van der Waals surface area contributed by atoms with Gasteiger partial charge in [-0.3, -0.25) is 10.1 Å². The Morgan fingerprint density at radius 2 is 2.10 bits per heavy atom. The highest BCUT2D eigenvalue weighted by atomic mass is 35.5. The van der Waals surface area contributed by atoms with Crippen LogP contribution in [0.2, 0.25) is 5.02 Å². The topological polar surface area (TPSA) is 68.0 Å². The van der Waals surface area contributed by atoms with Crippen molar-refractivity contribution in [3.63, 3.8) is 0 Å². The number of aromatic nitrogens is 1. The van der Waals surface area contributed by atoms with Gasteiger partial charge < -0.3 is 5.73 Å². The first-order chi connectivity index (χ1) is 9.27. The largest absolute Gasteiger partial charge is 0.434 e. The smallest absolute Gasteiger partial charge is 0.399 e. The van der Waals surface area contributed by atoms with Crippen LogP contribution in [0.4, 0.5) is 24.0 Å². The Morgan fingerprint density at radius 3 is 2.70 bits per heavy atom. The number of hydrogen-bond donors (Lipinski definition) is 2. The standard InChI is InChI=1S/C11H7ClF3N3OS/c12-7-2-1-5(16)3-6(7)9(19)18-10-17-8(4-20-10)11(13,14)15/h1-4H,16H2,(H,17,18,19).